The molecule has 3 aliphatic rings. The number of aromatic hydroxyl groups is 1. The van der Waals surface area contributed by atoms with Crippen molar-refractivity contribution in [2.45, 2.75) is 44.4 Å². The van der Waals surface area contributed by atoms with Gasteiger partial charge in [0.2, 0.25) is 11.2 Å². The summed E-state index contributed by atoms with van der Waals surface area (Å²) >= 11 is -1.97. The average molecular weight is 465 g/mol. The maximum absolute atomic E-state index is 15.0. The van der Waals surface area contributed by atoms with Crippen LogP contribution in [0.25, 0.3) is 0 Å². The fourth-order valence-electron chi connectivity index (χ4n) is 4.42. The van der Waals surface area contributed by atoms with E-state index >= 15 is 4.39 Å². The van der Waals surface area contributed by atoms with Crippen LogP contribution in [0.15, 0.2) is 6.07 Å². The summed E-state index contributed by atoms with van der Waals surface area (Å²) in [6.45, 7) is 0.595. The van der Waals surface area contributed by atoms with Crippen molar-refractivity contribution in [1.29, 1.82) is 0 Å². The van der Waals surface area contributed by atoms with Gasteiger partial charge in [0, 0.05) is 24.6 Å². The van der Waals surface area contributed by atoms with Gasteiger partial charge >= 0.3 is 6.18 Å². The molecule has 1 aliphatic carbocycles. The summed E-state index contributed by atoms with van der Waals surface area (Å²) in [5.74, 6) is -2.67. The Morgan fingerprint density at radius 2 is 1.97 bits per heavy atom. The molecule has 172 valence electrons. The number of anilines is 1. The van der Waals surface area contributed by atoms with Gasteiger partial charge in [0.15, 0.2) is 5.82 Å². The number of ether oxygens (including phenoxy) is 1. The second-order valence-corrected chi connectivity index (χ2v) is 9.35. The monoisotopic (exact) mass is 465 g/mol. The summed E-state index contributed by atoms with van der Waals surface area (Å²) in [5.41, 5.74) is -0.0873. The normalized spacial score (nSPS) is 28.4. The molecule has 2 unspecified atom stereocenters. The third-order valence-electron chi connectivity index (χ3n) is 6.06. The van der Waals surface area contributed by atoms with Crippen molar-refractivity contribution >= 4 is 22.8 Å². The molecule has 2 atom stereocenters. The van der Waals surface area contributed by atoms with E-state index in [1.54, 1.807) is 0 Å². The number of fused-ring (bicyclic) bond motifs is 1. The highest BCUT2D eigenvalue weighted by Gasteiger charge is 2.41. The lowest BCUT2D eigenvalue weighted by Gasteiger charge is -2.30. The first kappa shape index (κ1) is 22.1. The molecule has 0 aromatic heterocycles. The van der Waals surface area contributed by atoms with Gasteiger partial charge in [0.05, 0.1) is 5.92 Å². The number of carbonyl (C=O) groups is 1. The summed E-state index contributed by atoms with van der Waals surface area (Å²) in [6.07, 6.45) is -3.02. The predicted octanol–water partition coefficient (Wildman–Crippen LogP) is 2.31. The quantitative estimate of drug-likeness (QED) is 0.581. The Hall–Kier alpha value is -2.08. The lowest BCUT2D eigenvalue weighted by molar-refractivity contribution is -0.183. The van der Waals surface area contributed by atoms with Gasteiger partial charge in [-0.05, 0) is 38.1 Å². The summed E-state index contributed by atoms with van der Waals surface area (Å²) in [4.78, 5) is 11.4. The first-order valence-electron chi connectivity index (χ1n) is 10.1. The van der Waals surface area contributed by atoms with Gasteiger partial charge in [0.25, 0.3) is 5.91 Å². The number of hydrogen-bond donors (Lipinski definition) is 3. The smallest absolute Gasteiger partial charge is 0.391 e. The van der Waals surface area contributed by atoms with E-state index in [4.69, 9.17) is 4.74 Å². The Morgan fingerprint density at radius 3 is 2.58 bits per heavy atom. The molecule has 3 N–H and O–H groups in total. The molecular formula is C19H23F4N3O4S. The molecule has 0 radical (unpaired) electrons. The number of nitrogens with one attached hydrogen (secondary N) is 2. The van der Waals surface area contributed by atoms with Crippen LogP contribution in [0.2, 0.25) is 0 Å². The molecule has 1 saturated carbocycles. The molecule has 2 aliphatic heterocycles. The van der Waals surface area contributed by atoms with Crippen LogP contribution in [-0.2, 0) is 22.4 Å². The first-order chi connectivity index (χ1) is 14.6. The number of phenols is 1. The Labute approximate surface area is 178 Å². The van der Waals surface area contributed by atoms with Gasteiger partial charge in [-0.15, -0.1) is 0 Å². The Kier molecular flexibility index (Phi) is 6.03. The van der Waals surface area contributed by atoms with Gasteiger partial charge < -0.3 is 15.2 Å². The number of hydrogen-bond acceptors (Lipinski definition) is 5. The number of amides is 1. The molecule has 12 heteroatoms. The molecule has 1 aromatic rings. The van der Waals surface area contributed by atoms with Crippen molar-refractivity contribution in [1.82, 2.24) is 10.0 Å². The molecule has 31 heavy (non-hydrogen) atoms. The van der Waals surface area contributed by atoms with E-state index in [9.17, 15) is 27.3 Å². The third kappa shape index (κ3) is 4.59. The number of nitrogens with zero attached hydrogens (tertiary/aromatic N) is 1. The summed E-state index contributed by atoms with van der Waals surface area (Å²) in [7, 11) is 0. The highest BCUT2D eigenvalue weighted by atomic mass is 32.2. The summed E-state index contributed by atoms with van der Waals surface area (Å²) in [6, 6.07) is 1.24. The second kappa shape index (κ2) is 8.45. The van der Waals surface area contributed by atoms with E-state index in [-0.39, 0.29) is 48.7 Å². The van der Waals surface area contributed by atoms with Gasteiger partial charge in [-0.1, -0.05) is 0 Å². The molecule has 0 bridgehead atoms. The van der Waals surface area contributed by atoms with Crippen LogP contribution in [0.3, 0.4) is 0 Å². The predicted molar refractivity (Wildman–Crippen MR) is 104 cm³/mol. The standard InChI is InChI=1S/C19H23F4N3O4S/c20-17-13-5-12(8-24-7-10-1-3-11(4-2-10)19(21,22)23)30-15(13)6-14(27)18(17)26-9-16(28)25-31(26)29/h6,10-12,24,27H,1-5,7-9H2,(H,25,28). The number of alkyl halides is 3. The van der Waals surface area contributed by atoms with Gasteiger partial charge in [-0.2, -0.15) is 13.2 Å². The highest BCUT2D eigenvalue weighted by Crippen LogP contribution is 2.43. The van der Waals surface area contributed by atoms with E-state index in [0.717, 1.165) is 4.31 Å². The number of carbonyl (C=O) groups excluding carboxylic acids is 1. The van der Waals surface area contributed by atoms with Crippen molar-refractivity contribution in [3.63, 3.8) is 0 Å². The zero-order valence-corrected chi connectivity index (χ0v) is 17.3. The van der Waals surface area contributed by atoms with Gasteiger partial charge in [0.1, 0.15) is 29.8 Å². The van der Waals surface area contributed by atoms with Crippen LogP contribution in [0, 0.1) is 17.7 Å². The Morgan fingerprint density at radius 1 is 1.26 bits per heavy atom. The van der Waals surface area contributed by atoms with Crippen molar-refractivity contribution < 1.29 is 36.4 Å². The van der Waals surface area contributed by atoms with E-state index in [0.29, 0.717) is 25.9 Å². The minimum Gasteiger partial charge on any atom is -0.505 e. The molecule has 0 spiro atoms. The maximum atomic E-state index is 15.0. The van der Waals surface area contributed by atoms with Crippen molar-refractivity contribution in [3.05, 3.63) is 17.4 Å². The molecule has 1 amide bonds. The Balaban J connectivity index is 1.32. The average Bonchev–Trinajstić information content (AvgIpc) is 3.24. The number of halogens is 4. The van der Waals surface area contributed by atoms with Crippen LogP contribution in [0.5, 0.6) is 11.5 Å². The number of phenolic OH excluding ortho intramolecular Hbond substituents is 1. The fraction of sp³-hybridized carbons (Fsp3) is 0.632. The van der Waals surface area contributed by atoms with E-state index in [1.165, 1.54) is 6.07 Å². The molecule has 7 nitrogen and oxygen atoms in total. The molecule has 2 fully saturated rings. The summed E-state index contributed by atoms with van der Waals surface area (Å²) in [5, 5.41) is 13.4. The molecule has 1 saturated heterocycles. The van der Waals surface area contributed by atoms with Crippen molar-refractivity contribution in [2.75, 3.05) is 23.9 Å². The van der Waals surface area contributed by atoms with Crippen LogP contribution >= 0.6 is 0 Å². The first-order valence-corrected chi connectivity index (χ1v) is 11.2. The zero-order valence-electron chi connectivity index (χ0n) is 16.5. The van der Waals surface area contributed by atoms with Crippen molar-refractivity contribution in [2.24, 2.45) is 11.8 Å². The maximum Gasteiger partial charge on any atom is 0.391 e. The minimum absolute atomic E-state index is 0.143. The lowest BCUT2D eigenvalue weighted by atomic mass is 9.81. The highest BCUT2D eigenvalue weighted by molar-refractivity contribution is 7.85. The van der Waals surface area contributed by atoms with E-state index < -0.39 is 46.8 Å². The largest absolute Gasteiger partial charge is 0.505 e. The van der Waals surface area contributed by atoms with Crippen molar-refractivity contribution in [3.8, 4) is 11.5 Å². The molecular weight excluding hydrogens is 442 g/mol. The SMILES string of the molecule is O=C1CN(c2c(O)cc3c(c2F)CC(CNCC2CCC(C(F)(F)F)CC2)O3)S(=O)N1. The van der Waals surface area contributed by atoms with Crippen LogP contribution in [0.1, 0.15) is 31.2 Å². The second-order valence-electron chi connectivity index (χ2n) is 8.21. The Bertz CT molecular complexity index is 890. The number of benzene rings is 1. The van der Waals surface area contributed by atoms with Crippen LogP contribution < -0.4 is 19.1 Å². The minimum atomic E-state index is -4.12. The fourth-order valence-corrected chi connectivity index (χ4v) is 5.36. The van der Waals surface area contributed by atoms with E-state index in [1.807, 2.05) is 0 Å². The van der Waals surface area contributed by atoms with Crippen LogP contribution in [-0.4, -0.2) is 47.1 Å². The van der Waals surface area contributed by atoms with E-state index in [2.05, 4.69) is 10.0 Å². The topological polar surface area (TPSA) is 90.9 Å². The number of rotatable bonds is 5. The third-order valence-corrected chi connectivity index (χ3v) is 7.17. The molecule has 2 heterocycles. The zero-order chi connectivity index (χ0) is 22.3. The van der Waals surface area contributed by atoms with Gasteiger partial charge in [-0.3, -0.25) is 13.8 Å². The molecule has 1 aromatic carbocycles. The molecule has 4 rings (SSSR count). The van der Waals surface area contributed by atoms with Crippen LogP contribution in [0.4, 0.5) is 23.2 Å². The lowest BCUT2D eigenvalue weighted by Crippen LogP contribution is -2.36. The summed E-state index contributed by atoms with van der Waals surface area (Å²) < 4.78 is 74.1. The van der Waals surface area contributed by atoms with Gasteiger partial charge in [-0.25, -0.2) is 8.60 Å².